The fourth-order valence-corrected chi connectivity index (χ4v) is 2.79. The second-order valence-electron chi connectivity index (χ2n) is 3.70. The van der Waals surface area contributed by atoms with E-state index in [2.05, 4.69) is 26.1 Å². The van der Waals surface area contributed by atoms with E-state index in [1.807, 2.05) is 6.92 Å². The highest BCUT2D eigenvalue weighted by Gasteiger charge is 2.18. The van der Waals surface area contributed by atoms with Crippen molar-refractivity contribution in [3.8, 4) is 10.6 Å². The van der Waals surface area contributed by atoms with Gasteiger partial charge in [-0.3, -0.25) is 0 Å². The second kappa shape index (κ2) is 5.38. The normalized spacial score (nSPS) is 12.7. The third kappa shape index (κ3) is 2.57. The summed E-state index contributed by atoms with van der Waals surface area (Å²) in [6.45, 7) is 1.91. The summed E-state index contributed by atoms with van der Waals surface area (Å²) in [5.74, 6) is -1.34. The molecule has 0 bridgehead atoms. The number of hydrogen-bond acceptors (Lipinski definition) is 4. The monoisotopic (exact) mass is 333 g/mol. The predicted molar refractivity (Wildman–Crippen MR) is 70.2 cm³/mol. The van der Waals surface area contributed by atoms with Crippen LogP contribution in [0, 0.1) is 11.6 Å². The number of nitrogens with two attached hydrogens (primary N) is 1. The molecule has 0 fully saturated rings. The van der Waals surface area contributed by atoms with Gasteiger partial charge in [-0.1, -0.05) is 34.2 Å². The molecule has 0 saturated heterocycles. The van der Waals surface area contributed by atoms with Gasteiger partial charge in [-0.15, -0.1) is 10.2 Å². The van der Waals surface area contributed by atoms with E-state index in [1.165, 1.54) is 12.1 Å². The van der Waals surface area contributed by atoms with Crippen LogP contribution in [-0.4, -0.2) is 10.2 Å². The van der Waals surface area contributed by atoms with E-state index in [1.54, 1.807) is 0 Å². The minimum atomic E-state index is -0.672. The molecule has 3 nitrogen and oxygen atoms in total. The minimum Gasteiger partial charge on any atom is -0.322 e. The SMILES string of the molecule is CCC(N)c1nnc(-c2c(F)cc(Br)cc2F)s1. The van der Waals surface area contributed by atoms with Gasteiger partial charge in [0.2, 0.25) is 0 Å². The molecule has 1 atom stereocenters. The van der Waals surface area contributed by atoms with Crippen LogP contribution in [0.5, 0.6) is 0 Å². The van der Waals surface area contributed by atoms with Gasteiger partial charge in [0.15, 0.2) is 5.01 Å². The molecule has 0 radical (unpaired) electrons. The standard InChI is InChI=1S/C11H10BrF2N3S/c1-2-8(15)10-16-17-11(18-10)9-6(13)3-5(12)4-7(9)14/h3-4,8H,2,15H2,1H3. The Kier molecular flexibility index (Phi) is 4.04. The van der Waals surface area contributed by atoms with Gasteiger partial charge in [0.25, 0.3) is 0 Å². The van der Waals surface area contributed by atoms with E-state index in [0.29, 0.717) is 15.9 Å². The Labute approximate surface area is 115 Å². The summed E-state index contributed by atoms with van der Waals surface area (Å²) in [5, 5.41) is 8.45. The van der Waals surface area contributed by atoms with Crippen LogP contribution in [0.25, 0.3) is 10.6 Å². The minimum absolute atomic E-state index is 0.162. The molecule has 0 aliphatic heterocycles. The predicted octanol–water partition coefficient (Wildman–Crippen LogP) is 3.66. The summed E-state index contributed by atoms with van der Waals surface area (Å²) in [7, 11) is 0. The van der Waals surface area contributed by atoms with Crippen LogP contribution in [0.2, 0.25) is 0 Å². The first kappa shape index (κ1) is 13.5. The molecule has 7 heteroatoms. The van der Waals surface area contributed by atoms with Gasteiger partial charge in [-0.05, 0) is 18.6 Å². The molecule has 0 spiro atoms. The van der Waals surface area contributed by atoms with Gasteiger partial charge in [0.05, 0.1) is 11.6 Å². The number of rotatable bonds is 3. The van der Waals surface area contributed by atoms with E-state index >= 15 is 0 Å². The van der Waals surface area contributed by atoms with Crippen molar-refractivity contribution in [3.63, 3.8) is 0 Å². The Morgan fingerprint density at radius 3 is 2.50 bits per heavy atom. The zero-order valence-corrected chi connectivity index (χ0v) is 11.9. The zero-order valence-electron chi connectivity index (χ0n) is 9.45. The maximum Gasteiger partial charge on any atom is 0.153 e. The van der Waals surface area contributed by atoms with Crippen LogP contribution in [-0.2, 0) is 0 Å². The van der Waals surface area contributed by atoms with Crippen molar-refractivity contribution < 1.29 is 8.78 Å². The van der Waals surface area contributed by atoms with Gasteiger partial charge in [-0.25, -0.2) is 8.78 Å². The first-order valence-electron chi connectivity index (χ1n) is 5.26. The fraction of sp³-hybridized carbons (Fsp3) is 0.273. The third-order valence-electron chi connectivity index (χ3n) is 2.42. The molecule has 1 heterocycles. The lowest BCUT2D eigenvalue weighted by atomic mass is 10.2. The van der Waals surface area contributed by atoms with E-state index in [0.717, 1.165) is 11.3 Å². The molecule has 2 aromatic rings. The van der Waals surface area contributed by atoms with E-state index in [-0.39, 0.29) is 16.6 Å². The molecular formula is C11H10BrF2N3S. The van der Waals surface area contributed by atoms with Gasteiger partial charge >= 0.3 is 0 Å². The van der Waals surface area contributed by atoms with Crippen molar-refractivity contribution in [2.24, 2.45) is 5.73 Å². The van der Waals surface area contributed by atoms with E-state index < -0.39 is 11.6 Å². The van der Waals surface area contributed by atoms with Gasteiger partial charge in [-0.2, -0.15) is 0 Å². The number of nitrogens with zero attached hydrogens (tertiary/aromatic N) is 2. The quantitative estimate of drug-likeness (QED) is 0.932. The van der Waals surface area contributed by atoms with Crippen LogP contribution in [0.3, 0.4) is 0 Å². The Bertz CT molecular complexity index is 550. The Hall–Kier alpha value is -0.920. The Morgan fingerprint density at radius 2 is 1.94 bits per heavy atom. The highest BCUT2D eigenvalue weighted by molar-refractivity contribution is 9.10. The Balaban J connectivity index is 2.46. The molecule has 18 heavy (non-hydrogen) atoms. The van der Waals surface area contributed by atoms with Crippen molar-refractivity contribution in [3.05, 3.63) is 33.2 Å². The molecule has 0 aliphatic carbocycles. The zero-order chi connectivity index (χ0) is 13.3. The van der Waals surface area contributed by atoms with Crippen molar-refractivity contribution in [1.82, 2.24) is 10.2 Å². The third-order valence-corrected chi connectivity index (χ3v) is 3.95. The lowest BCUT2D eigenvalue weighted by Crippen LogP contribution is -2.07. The summed E-state index contributed by atoms with van der Waals surface area (Å²) in [4.78, 5) is 0. The topological polar surface area (TPSA) is 51.8 Å². The summed E-state index contributed by atoms with van der Waals surface area (Å²) in [6.07, 6.45) is 0.694. The molecule has 1 unspecified atom stereocenters. The highest BCUT2D eigenvalue weighted by Crippen LogP contribution is 2.32. The molecular weight excluding hydrogens is 324 g/mol. The molecule has 0 aliphatic rings. The number of aromatic nitrogens is 2. The van der Waals surface area contributed by atoms with Crippen LogP contribution in [0.4, 0.5) is 8.78 Å². The number of hydrogen-bond donors (Lipinski definition) is 1. The van der Waals surface area contributed by atoms with Crippen LogP contribution >= 0.6 is 27.3 Å². The molecule has 1 aromatic carbocycles. The first-order valence-corrected chi connectivity index (χ1v) is 6.87. The second-order valence-corrected chi connectivity index (χ2v) is 5.63. The number of benzene rings is 1. The lowest BCUT2D eigenvalue weighted by molar-refractivity contribution is 0.587. The molecule has 2 rings (SSSR count). The van der Waals surface area contributed by atoms with Gasteiger partial charge in [0.1, 0.15) is 16.6 Å². The maximum atomic E-state index is 13.7. The Morgan fingerprint density at radius 1 is 1.33 bits per heavy atom. The number of halogens is 3. The van der Waals surface area contributed by atoms with Crippen LogP contribution in [0.1, 0.15) is 24.4 Å². The highest BCUT2D eigenvalue weighted by atomic mass is 79.9. The molecule has 0 amide bonds. The average molecular weight is 334 g/mol. The summed E-state index contributed by atoms with van der Waals surface area (Å²) >= 11 is 4.14. The summed E-state index contributed by atoms with van der Waals surface area (Å²) in [5.41, 5.74) is 5.64. The first-order chi connectivity index (χ1) is 8.52. The van der Waals surface area contributed by atoms with E-state index in [4.69, 9.17) is 5.73 Å². The van der Waals surface area contributed by atoms with Crippen molar-refractivity contribution in [2.75, 3.05) is 0 Å². The van der Waals surface area contributed by atoms with Crippen molar-refractivity contribution >= 4 is 27.3 Å². The average Bonchev–Trinajstić information content (AvgIpc) is 2.76. The largest absolute Gasteiger partial charge is 0.322 e. The lowest BCUT2D eigenvalue weighted by Gasteiger charge is -2.02. The molecule has 2 N–H and O–H groups in total. The molecule has 0 saturated carbocycles. The fourth-order valence-electron chi connectivity index (χ4n) is 1.41. The van der Waals surface area contributed by atoms with Crippen LogP contribution in [0.15, 0.2) is 16.6 Å². The summed E-state index contributed by atoms with van der Waals surface area (Å²) < 4.78 is 27.8. The van der Waals surface area contributed by atoms with E-state index in [9.17, 15) is 8.78 Å². The van der Waals surface area contributed by atoms with Gasteiger partial charge in [0, 0.05) is 4.47 Å². The smallest absolute Gasteiger partial charge is 0.153 e. The maximum absolute atomic E-state index is 13.7. The van der Waals surface area contributed by atoms with Crippen molar-refractivity contribution in [2.45, 2.75) is 19.4 Å². The molecule has 96 valence electrons. The van der Waals surface area contributed by atoms with Gasteiger partial charge < -0.3 is 5.73 Å². The summed E-state index contributed by atoms with van der Waals surface area (Å²) in [6, 6.07) is 2.14. The molecule has 1 aromatic heterocycles. The van der Waals surface area contributed by atoms with Crippen LogP contribution < -0.4 is 5.73 Å². The van der Waals surface area contributed by atoms with Crippen molar-refractivity contribution in [1.29, 1.82) is 0 Å².